The molecular formula is C15H21NO4S. The Balaban J connectivity index is 2.48. The molecule has 21 heavy (non-hydrogen) atoms. The second-order valence-electron chi connectivity index (χ2n) is 5.50. The van der Waals surface area contributed by atoms with E-state index in [1.54, 1.807) is 31.2 Å². The Labute approximate surface area is 125 Å². The first kappa shape index (κ1) is 15.8. The average Bonchev–Trinajstić information content (AvgIpc) is 2.43. The zero-order valence-corrected chi connectivity index (χ0v) is 13.1. The summed E-state index contributed by atoms with van der Waals surface area (Å²) in [6.07, 6.45) is 1.72. The monoisotopic (exact) mass is 311 g/mol. The molecule has 1 N–H and O–H groups in total. The van der Waals surface area contributed by atoms with Crippen molar-refractivity contribution in [3.8, 4) is 0 Å². The summed E-state index contributed by atoms with van der Waals surface area (Å²) >= 11 is 0. The van der Waals surface area contributed by atoms with Crippen molar-refractivity contribution in [1.82, 2.24) is 0 Å². The molecule has 1 aliphatic rings. The lowest BCUT2D eigenvalue weighted by Crippen LogP contribution is -2.45. The second kappa shape index (κ2) is 6.05. The van der Waals surface area contributed by atoms with Crippen LogP contribution < -0.4 is 4.31 Å². The molecule has 1 aromatic rings. The van der Waals surface area contributed by atoms with Crippen LogP contribution in [0.4, 0.5) is 5.69 Å². The number of unbranched alkanes of at least 4 members (excludes halogenated alkanes) is 1. The topological polar surface area (TPSA) is 74.7 Å². The summed E-state index contributed by atoms with van der Waals surface area (Å²) in [5, 5.41) is 9.37. The van der Waals surface area contributed by atoms with Crippen LogP contribution in [0.25, 0.3) is 0 Å². The molecule has 2 unspecified atom stereocenters. The third kappa shape index (κ3) is 3.05. The van der Waals surface area contributed by atoms with E-state index in [4.69, 9.17) is 0 Å². The molecule has 5 nitrogen and oxygen atoms in total. The van der Waals surface area contributed by atoms with Gasteiger partial charge >= 0.3 is 5.97 Å². The number of benzene rings is 1. The molecule has 2 rings (SSSR count). The number of aliphatic carboxylic acids is 1. The molecule has 2 atom stereocenters. The van der Waals surface area contributed by atoms with Crippen molar-refractivity contribution >= 4 is 21.7 Å². The van der Waals surface area contributed by atoms with E-state index in [0.29, 0.717) is 24.1 Å². The summed E-state index contributed by atoms with van der Waals surface area (Å²) in [6.45, 7) is 3.72. The maximum absolute atomic E-state index is 12.6. The van der Waals surface area contributed by atoms with Crippen LogP contribution in [0, 0.1) is 0 Å². The Hall–Kier alpha value is -1.56. The third-order valence-corrected chi connectivity index (χ3v) is 5.84. The molecule has 6 heteroatoms. The molecule has 1 heterocycles. The maximum Gasteiger partial charge on any atom is 0.311 e. The van der Waals surface area contributed by atoms with Crippen LogP contribution in [0.1, 0.15) is 44.6 Å². The predicted octanol–water partition coefficient (Wildman–Crippen LogP) is 2.58. The van der Waals surface area contributed by atoms with Crippen molar-refractivity contribution in [3.05, 3.63) is 29.8 Å². The molecule has 1 aliphatic heterocycles. The molecule has 0 saturated heterocycles. The summed E-state index contributed by atoms with van der Waals surface area (Å²) < 4.78 is 26.6. The lowest BCUT2D eigenvalue weighted by atomic mass is 9.87. The highest BCUT2D eigenvalue weighted by Gasteiger charge is 2.38. The van der Waals surface area contributed by atoms with Gasteiger partial charge in [-0.2, -0.15) is 0 Å². The van der Waals surface area contributed by atoms with Crippen LogP contribution in [-0.2, 0) is 14.8 Å². The molecule has 0 fully saturated rings. The molecule has 116 valence electrons. The summed E-state index contributed by atoms with van der Waals surface area (Å²) in [7, 11) is -3.42. The van der Waals surface area contributed by atoms with Crippen molar-refractivity contribution in [3.63, 3.8) is 0 Å². The minimum absolute atomic E-state index is 0.0971. The quantitative estimate of drug-likeness (QED) is 0.907. The highest BCUT2D eigenvalue weighted by Crippen LogP contribution is 2.40. The van der Waals surface area contributed by atoms with Crippen molar-refractivity contribution in [2.45, 2.75) is 45.1 Å². The molecule has 0 bridgehead atoms. The third-order valence-electron chi connectivity index (χ3n) is 3.88. The van der Waals surface area contributed by atoms with Crippen molar-refractivity contribution in [2.75, 3.05) is 10.1 Å². The molecule has 0 radical (unpaired) electrons. The Morgan fingerprint density at radius 2 is 2.05 bits per heavy atom. The van der Waals surface area contributed by atoms with Crippen molar-refractivity contribution in [1.29, 1.82) is 0 Å². The van der Waals surface area contributed by atoms with Crippen LogP contribution in [0.5, 0.6) is 0 Å². The number of rotatable bonds is 5. The highest BCUT2D eigenvalue weighted by atomic mass is 32.2. The van der Waals surface area contributed by atoms with Gasteiger partial charge < -0.3 is 5.11 Å². The number of fused-ring (bicyclic) bond motifs is 1. The standard InChI is InChI=1S/C15H21NO4S/c1-3-4-9-21(19,20)16-11(2)10-13(15(17)18)12-7-5-6-8-14(12)16/h5-8,11,13H,3-4,9-10H2,1-2H3,(H,17,18). The number of anilines is 1. The molecule has 0 aromatic heterocycles. The van der Waals surface area contributed by atoms with Gasteiger partial charge in [0.15, 0.2) is 0 Å². The minimum Gasteiger partial charge on any atom is -0.481 e. The van der Waals surface area contributed by atoms with E-state index in [9.17, 15) is 18.3 Å². The van der Waals surface area contributed by atoms with E-state index in [-0.39, 0.29) is 11.8 Å². The Kier molecular flexibility index (Phi) is 4.56. The molecule has 0 spiro atoms. The van der Waals surface area contributed by atoms with Crippen LogP contribution >= 0.6 is 0 Å². The molecule has 0 saturated carbocycles. The summed E-state index contributed by atoms with van der Waals surface area (Å²) in [4.78, 5) is 11.4. The van der Waals surface area contributed by atoms with Crippen LogP contribution in [0.2, 0.25) is 0 Å². The van der Waals surface area contributed by atoms with Gasteiger partial charge in [-0.3, -0.25) is 9.10 Å². The van der Waals surface area contributed by atoms with Gasteiger partial charge in [0.25, 0.3) is 0 Å². The smallest absolute Gasteiger partial charge is 0.311 e. The van der Waals surface area contributed by atoms with Crippen molar-refractivity contribution in [2.24, 2.45) is 0 Å². The Morgan fingerprint density at radius 3 is 2.67 bits per heavy atom. The minimum atomic E-state index is -3.42. The highest BCUT2D eigenvalue weighted by molar-refractivity contribution is 7.92. The maximum atomic E-state index is 12.6. The van der Waals surface area contributed by atoms with Gasteiger partial charge in [0.05, 0.1) is 17.4 Å². The van der Waals surface area contributed by atoms with E-state index < -0.39 is 21.9 Å². The summed E-state index contributed by atoms with van der Waals surface area (Å²) in [5.74, 6) is -1.45. The van der Waals surface area contributed by atoms with E-state index >= 15 is 0 Å². The van der Waals surface area contributed by atoms with Gasteiger partial charge in [0.2, 0.25) is 10.0 Å². The summed E-state index contributed by atoms with van der Waals surface area (Å²) in [5.41, 5.74) is 1.10. The van der Waals surface area contributed by atoms with E-state index in [1.807, 2.05) is 6.92 Å². The number of hydrogen-bond donors (Lipinski definition) is 1. The first-order chi connectivity index (χ1) is 9.88. The molecular weight excluding hydrogens is 290 g/mol. The fourth-order valence-corrected chi connectivity index (χ4v) is 4.82. The number of hydrogen-bond acceptors (Lipinski definition) is 3. The van der Waals surface area contributed by atoms with Gasteiger partial charge in [-0.25, -0.2) is 8.42 Å². The van der Waals surface area contributed by atoms with Crippen LogP contribution in [0.3, 0.4) is 0 Å². The van der Waals surface area contributed by atoms with Crippen LogP contribution in [0.15, 0.2) is 24.3 Å². The Bertz CT molecular complexity index is 626. The van der Waals surface area contributed by atoms with E-state index in [1.165, 1.54) is 4.31 Å². The fourth-order valence-electron chi connectivity index (χ4n) is 2.87. The lowest BCUT2D eigenvalue weighted by molar-refractivity contribution is -0.139. The van der Waals surface area contributed by atoms with Gasteiger partial charge in [-0.15, -0.1) is 0 Å². The van der Waals surface area contributed by atoms with Crippen molar-refractivity contribution < 1.29 is 18.3 Å². The number of sulfonamides is 1. The average molecular weight is 311 g/mol. The number of para-hydroxylation sites is 1. The number of nitrogens with zero attached hydrogens (tertiary/aromatic N) is 1. The number of carboxylic acid groups (broad SMARTS) is 1. The lowest BCUT2D eigenvalue weighted by Gasteiger charge is -2.38. The first-order valence-electron chi connectivity index (χ1n) is 7.22. The van der Waals surface area contributed by atoms with Crippen LogP contribution in [-0.4, -0.2) is 31.3 Å². The van der Waals surface area contributed by atoms with Gasteiger partial charge in [-0.1, -0.05) is 31.5 Å². The van der Waals surface area contributed by atoms with Gasteiger partial charge in [0, 0.05) is 6.04 Å². The molecule has 0 amide bonds. The van der Waals surface area contributed by atoms with Gasteiger partial charge in [-0.05, 0) is 31.4 Å². The normalized spacial score (nSPS) is 21.9. The number of carboxylic acids is 1. The molecule has 1 aromatic carbocycles. The van der Waals surface area contributed by atoms with E-state index in [0.717, 1.165) is 6.42 Å². The van der Waals surface area contributed by atoms with Gasteiger partial charge in [0.1, 0.15) is 0 Å². The zero-order chi connectivity index (χ0) is 15.6. The fraction of sp³-hybridized carbons (Fsp3) is 0.533. The number of carbonyl (C=O) groups is 1. The zero-order valence-electron chi connectivity index (χ0n) is 12.3. The Morgan fingerprint density at radius 1 is 1.38 bits per heavy atom. The molecule has 0 aliphatic carbocycles. The largest absolute Gasteiger partial charge is 0.481 e. The predicted molar refractivity (Wildman–Crippen MR) is 82.1 cm³/mol. The second-order valence-corrected chi connectivity index (χ2v) is 7.47. The summed E-state index contributed by atoms with van der Waals surface area (Å²) in [6, 6.07) is 6.56. The SMILES string of the molecule is CCCCS(=O)(=O)N1c2ccccc2C(C(=O)O)CC1C. The first-order valence-corrected chi connectivity index (χ1v) is 8.83. The van der Waals surface area contributed by atoms with E-state index in [2.05, 4.69) is 0 Å².